The van der Waals surface area contributed by atoms with E-state index in [2.05, 4.69) is 0 Å². The van der Waals surface area contributed by atoms with Gasteiger partial charge in [-0.2, -0.15) is 0 Å². The lowest BCUT2D eigenvalue weighted by Crippen LogP contribution is -2.10. The van der Waals surface area contributed by atoms with Crippen molar-refractivity contribution >= 4 is 10.7 Å². The number of aryl methyl sites for hydroxylation is 2. The summed E-state index contributed by atoms with van der Waals surface area (Å²) in [5.74, 6) is 0.930. The minimum Gasteiger partial charge on any atom is -0.507 e. The molecule has 96 valence electrons. The van der Waals surface area contributed by atoms with Gasteiger partial charge in [-0.05, 0) is 50.5 Å². The van der Waals surface area contributed by atoms with Gasteiger partial charge in [-0.3, -0.25) is 0 Å². The molecular weight excluding hydrogens is 240 g/mol. The van der Waals surface area contributed by atoms with Gasteiger partial charge in [-0.25, -0.2) is 8.42 Å². The van der Waals surface area contributed by atoms with Crippen molar-refractivity contribution in [1.29, 1.82) is 0 Å². The summed E-state index contributed by atoms with van der Waals surface area (Å²) in [6.07, 6.45) is 0.470. The molecule has 0 radical (unpaired) electrons. The maximum atomic E-state index is 10.6. The van der Waals surface area contributed by atoms with Crippen LogP contribution in [0.4, 0.5) is 0 Å². The average Bonchev–Trinajstić information content (AvgIpc) is 2.25. The summed E-state index contributed by atoms with van der Waals surface area (Å²) in [7, 11) is -2.38. The Balaban J connectivity index is 2.59. The van der Waals surface area contributed by atoms with Crippen LogP contribution in [0.25, 0.3) is 0 Å². The first-order valence-corrected chi connectivity index (χ1v) is 6.73. The van der Waals surface area contributed by atoms with E-state index in [4.69, 9.17) is 4.74 Å². The predicted octanol–water partition coefficient (Wildman–Crippen LogP) is 1.78. The first-order chi connectivity index (χ1) is 7.91. The summed E-state index contributed by atoms with van der Waals surface area (Å²) < 4.78 is 26.8. The fourth-order valence-corrected chi connectivity index (χ4v) is 1.77. The highest BCUT2D eigenvalue weighted by Gasteiger charge is 2.07. The van der Waals surface area contributed by atoms with E-state index in [1.807, 2.05) is 0 Å². The Morgan fingerprint density at radius 2 is 1.82 bits per heavy atom. The van der Waals surface area contributed by atoms with Crippen molar-refractivity contribution in [3.63, 3.8) is 0 Å². The van der Waals surface area contributed by atoms with E-state index in [9.17, 15) is 13.5 Å². The van der Waals surface area contributed by atoms with Gasteiger partial charge in [0.05, 0.1) is 11.9 Å². The van der Waals surface area contributed by atoms with Gasteiger partial charge in [0, 0.05) is 0 Å². The number of phenolic OH excluding ortho intramolecular Hbond substituents is 1. The summed E-state index contributed by atoms with van der Waals surface area (Å²) in [6.45, 7) is 5.61. The van der Waals surface area contributed by atoms with Crippen LogP contribution in [-0.2, 0) is 10.7 Å². The maximum Gasteiger partial charge on any atom is 0.142 e. The number of hydrogen-bond donors (Lipinski definition) is 2. The van der Waals surface area contributed by atoms with Crippen LogP contribution in [0.5, 0.6) is 11.5 Å². The molecule has 1 rings (SSSR count). The molecule has 0 spiro atoms. The Labute approximate surface area is 103 Å². The van der Waals surface area contributed by atoms with E-state index < -0.39 is 10.7 Å². The molecule has 0 bridgehead atoms. The van der Waals surface area contributed by atoms with Gasteiger partial charge in [0.2, 0.25) is 0 Å². The van der Waals surface area contributed by atoms with E-state index in [0.717, 1.165) is 11.1 Å². The number of benzene rings is 1. The number of hydrogen-bond acceptors (Lipinski definition) is 4. The second-order valence-electron chi connectivity index (χ2n) is 4.18. The van der Waals surface area contributed by atoms with Crippen LogP contribution in [-0.4, -0.2) is 25.4 Å². The molecule has 0 aliphatic heterocycles. The van der Waals surface area contributed by atoms with Gasteiger partial charge in [0.15, 0.2) is 0 Å². The topological polar surface area (TPSA) is 63.6 Å². The lowest BCUT2D eigenvalue weighted by atomic mass is 10.1. The Morgan fingerprint density at radius 1 is 1.29 bits per heavy atom. The molecule has 1 unspecified atom stereocenters. The van der Waals surface area contributed by atoms with Crippen molar-refractivity contribution in [3.8, 4) is 11.5 Å². The third kappa shape index (κ3) is 3.93. The number of thiol groups is 1. The van der Waals surface area contributed by atoms with E-state index in [-0.39, 0.29) is 11.0 Å². The minimum atomic E-state index is -2.38. The molecule has 1 atom stereocenters. The number of phenols is 1. The van der Waals surface area contributed by atoms with Gasteiger partial charge >= 0.3 is 0 Å². The molecule has 0 amide bonds. The fraction of sp³-hybridized carbons (Fsp3) is 0.500. The minimum absolute atomic E-state index is 0.272. The molecule has 0 aliphatic rings. The molecule has 1 N–H and O–H groups in total. The largest absolute Gasteiger partial charge is 0.507 e. The molecule has 1 aromatic carbocycles. The van der Waals surface area contributed by atoms with Crippen molar-refractivity contribution in [2.75, 3.05) is 6.61 Å². The number of ether oxygens (including phenoxy) is 1. The molecule has 17 heavy (non-hydrogen) atoms. The molecule has 0 aromatic heterocycles. The summed E-state index contributed by atoms with van der Waals surface area (Å²) >= 11 is 0. The van der Waals surface area contributed by atoms with Gasteiger partial charge in [-0.15, -0.1) is 0 Å². The molecule has 0 fully saturated rings. The second-order valence-corrected chi connectivity index (χ2v) is 5.63. The monoisotopic (exact) mass is 258 g/mol. The van der Waals surface area contributed by atoms with Crippen molar-refractivity contribution in [2.24, 2.45) is 0 Å². The van der Waals surface area contributed by atoms with E-state index in [1.54, 1.807) is 32.9 Å². The molecule has 4 nitrogen and oxygen atoms in total. The fourth-order valence-electron chi connectivity index (χ4n) is 1.45. The maximum absolute atomic E-state index is 10.6. The zero-order valence-electron chi connectivity index (χ0n) is 10.3. The number of aromatic hydroxyl groups is 1. The third-order valence-electron chi connectivity index (χ3n) is 2.63. The van der Waals surface area contributed by atoms with Crippen LogP contribution in [0.2, 0.25) is 0 Å². The summed E-state index contributed by atoms with van der Waals surface area (Å²) in [6, 6.07) is 3.48. The normalized spacial score (nSPS) is 12.7. The standard InChI is InChI=1S/C12H18O4S/c1-8-6-11(7-9(2)12(8)13)16-5-4-10(3)17(14)15/h6-7,10,13,17H,4-5H2,1-3H3. The molecule has 0 saturated heterocycles. The first kappa shape index (κ1) is 13.8. The van der Waals surface area contributed by atoms with E-state index in [1.165, 1.54) is 0 Å². The van der Waals surface area contributed by atoms with Crippen LogP contribution in [0.3, 0.4) is 0 Å². The summed E-state index contributed by atoms with van der Waals surface area (Å²) in [5.41, 5.74) is 1.51. The van der Waals surface area contributed by atoms with Crippen molar-refractivity contribution in [3.05, 3.63) is 23.3 Å². The molecule has 0 heterocycles. The van der Waals surface area contributed by atoms with E-state index in [0.29, 0.717) is 18.8 Å². The zero-order valence-corrected chi connectivity index (χ0v) is 11.2. The zero-order chi connectivity index (χ0) is 13.0. The van der Waals surface area contributed by atoms with Crippen molar-refractivity contribution in [1.82, 2.24) is 0 Å². The predicted molar refractivity (Wildman–Crippen MR) is 67.5 cm³/mol. The number of rotatable bonds is 5. The van der Waals surface area contributed by atoms with Crippen LogP contribution in [0.15, 0.2) is 12.1 Å². The Hall–Kier alpha value is -1.23. The Morgan fingerprint density at radius 3 is 2.29 bits per heavy atom. The summed E-state index contributed by atoms with van der Waals surface area (Å²) in [5, 5.41) is 9.21. The van der Waals surface area contributed by atoms with Crippen LogP contribution >= 0.6 is 0 Å². The smallest absolute Gasteiger partial charge is 0.142 e. The molecular formula is C12H18O4S. The molecule has 0 aliphatic carbocycles. The molecule has 1 aromatic rings. The van der Waals surface area contributed by atoms with Gasteiger partial charge in [0.1, 0.15) is 22.2 Å². The van der Waals surface area contributed by atoms with Crippen molar-refractivity contribution < 1.29 is 18.3 Å². The SMILES string of the molecule is Cc1cc(OCCC(C)[SH](=O)=O)cc(C)c1O. The highest BCUT2D eigenvalue weighted by Crippen LogP contribution is 2.26. The third-order valence-corrected chi connectivity index (χ3v) is 3.61. The highest BCUT2D eigenvalue weighted by atomic mass is 32.2. The van der Waals surface area contributed by atoms with Crippen molar-refractivity contribution in [2.45, 2.75) is 32.4 Å². The first-order valence-electron chi connectivity index (χ1n) is 5.48. The van der Waals surface area contributed by atoms with Gasteiger partial charge in [-0.1, -0.05) is 0 Å². The lowest BCUT2D eigenvalue weighted by Gasteiger charge is -2.10. The highest BCUT2D eigenvalue weighted by molar-refractivity contribution is 7.73. The average molecular weight is 258 g/mol. The quantitative estimate of drug-likeness (QED) is 0.790. The Bertz CT molecular complexity index is 435. The molecule has 0 saturated carbocycles. The van der Waals surface area contributed by atoms with E-state index >= 15 is 0 Å². The molecule has 5 heteroatoms. The Kier molecular flexibility index (Phi) is 4.81. The van der Waals surface area contributed by atoms with Crippen LogP contribution in [0, 0.1) is 13.8 Å². The lowest BCUT2D eigenvalue weighted by molar-refractivity contribution is 0.309. The van der Waals surface area contributed by atoms with Crippen LogP contribution in [0.1, 0.15) is 24.5 Å². The van der Waals surface area contributed by atoms with Gasteiger partial charge < -0.3 is 9.84 Å². The van der Waals surface area contributed by atoms with Crippen LogP contribution < -0.4 is 4.74 Å². The second kappa shape index (κ2) is 5.91. The summed E-state index contributed by atoms with van der Waals surface area (Å²) in [4.78, 5) is 0. The van der Waals surface area contributed by atoms with Gasteiger partial charge in [0.25, 0.3) is 0 Å².